The molecule has 0 saturated heterocycles. The predicted molar refractivity (Wildman–Crippen MR) is 73.2 cm³/mol. The van der Waals surface area contributed by atoms with E-state index in [-0.39, 0.29) is 5.91 Å². The number of aryl methyl sites for hydroxylation is 1. The molecule has 0 spiro atoms. The summed E-state index contributed by atoms with van der Waals surface area (Å²) in [5.41, 5.74) is 0.777. The molecule has 3 rings (SSSR count). The minimum atomic E-state index is -0.0780. The van der Waals surface area contributed by atoms with Crippen molar-refractivity contribution in [2.24, 2.45) is 0 Å². The second-order valence-electron chi connectivity index (χ2n) is 4.14. The van der Waals surface area contributed by atoms with Gasteiger partial charge in [-0.15, -0.1) is 21.5 Å². The second-order valence-corrected chi connectivity index (χ2v) is 5.43. The summed E-state index contributed by atoms with van der Waals surface area (Å²) < 4.78 is 1.86. The fourth-order valence-electron chi connectivity index (χ4n) is 1.81. The van der Waals surface area contributed by atoms with Crippen molar-refractivity contribution < 1.29 is 4.79 Å². The smallest absolute Gasteiger partial charge is 0.261 e. The highest BCUT2D eigenvalue weighted by Gasteiger charge is 2.10. The van der Waals surface area contributed by atoms with E-state index in [4.69, 9.17) is 0 Å². The van der Waals surface area contributed by atoms with Gasteiger partial charge in [-0.3, -0.25) is 9.20 Å². The third kappa shape index (κ3) is 2.34. The Balaban J connectivity index is 1.74. The van der Waals surface area contributed by atoms with Crippen molar-refractivity contribution in [3.8, 4) is 0 Å². The van der Waals surface area contributed by atoms with Gasteiger partial charge in [0.05, 0.1) is 11.4 Å². The molecule has 0 fully saturated rings. The van der Waals surface area contributed by atoms with Crippen LogP contribution in [-0.2, 0) is 6.54 Å². The molecular weight excluding hydrogens is 260 g/mol. The first-order valence-electron chi connectivity index (χ1n) is 5.87. The molecule has 0 aliphatic rings. The fourth-order valence-corrected chi connectivity index (χ4v) is 2.60. The Bertz CT molecular complexity index is 731. The maximum absolute atomic E-state index is 11.9. The van der Waals surface area contributed by atoms with Crippen LogP contribution in [0.5, 0.6) is 0 Å². The highest BCUT2D eigenvalue weighted by Crippen LogP contribution is 2.14. The highest BCUT2D eigenvalue weighted by molar-refractivity contribution is 7.13. The van der Waals surface area contributed by atoms with Gasteiger partial charge in [-0.1, -0.05) is 6.07 Å². The number of pyridine rings is 1. The molecule has 6 heteroatoms. The number of amides is 1. The zero-order valence-electron chi connectivity index (χ0n) is 10.3. The van der Waals surface area contributed by atoms with Gasteiger partial charge >= 0.3 is 0 Å². The first-order valence-corrected chi connectivity index (χ1v) is 6.69. The van der Waals surface area contributed by atoms with Crippen LogP contribution in [0, 0.1) is 6.92 Å². The molecule has 0 radical (unpaired) electrons. The monoisotopic (exact) mass is 272 g/mol. The Hall–Kier alpha value is -2.21. The maximum Gasteiger partial charge on any atom is 0.261 e. The third-order valence-electron chi connectivity index (χ3n) is 2.76. The van der Waals surface area contributed by atoms with Crippen LogP contribution >= 0.6 is 11.3 Å². The molecule has 0 atom stereocenters. The van der Waals surface area contributed by atoms with Gasteiger partial charge in [0.25, 0.3) is 5.91 Å². The first kappa shape index (κ1) is 11.9. The number of hydrogen-bond donors (Lipinski definition) is 1. The number of carbonyl (C=O) groups excluding carboxylic acids is 1. The molecule has 0 bridgehead atoms. The van der Waals surface area contributed by atoms with E-state index in [0.717, 1.165) is 16.3 Å². The summed E-state index contributed by atoms with van der Waals surface area (Å²) in [5.74, 6) is 0.642. The quantitative estimate of drug-likeness (QED) is 0.793. The lowest BCUT2D eigenvalue weighted by atomic mass is 10.4. The number of thiophene rings is 1. The van der Waals surface area contributed by atoms with Crippen molar-refractivity contribution in [1.82, 2.24) is 19.9 Å². The van der Waals surface area contributed by atoms with Gasteiger partial charge in [-0.2, -0.15) is 0 Å². The van der Waals surface area contributed by atoms with Crippen LogP contribution in [0.2, 0.25) is 0 Å². The van der Waals surface area contributed by atoms with Crippen molar-refractivity contribution >= 4 is 22.9 Å². The molecule has 0 aliphatic carbocycles. The topological polar surface area (TPSA) is 59.3 Å². The van der Waals surface area contributed by atoms with Crippen molar-refractivity contribution in [1.29, 1.82) is 0 Å². The zero-order valence-corrected chi connectivity index (χ0v) is 11.1. The van der Waals surface area contributed by atoms with Gasteiger partial charge in [0, 0.05) is 11.1 Å². The van der Waals surface area contributed by atoms with E-state index < -0.39 is 0 Å². The van der Waals surface area contributed by atoms with Crippen LogP contribution in [-0.4, -0.2) is 20.5 Å². The normalized spacial score (nSPS) is 10.8. The molecule has 3 heterocycles. The SMILES string of the molecule is Cc1ccc(C(=O)NCc2nnc3ccccn23)s1. The Morgan fingerprint density at radius 3 is 3.00 bits per heavy atom. The lowest BCUT2D eigenvalue weighted by molar-refractivity contribution is 0.0954. The molecule has 0 aliphatic heterocycles. The van der Waals surface area contributed by atoms with Crippen LogP contribution in [0.1, 0.15) is 20.4 Å². The number of nitrogens with one attached hydrogen (secondary N) is 1. The van der Waals surface area contributed by atoms with Gasteiger partial charge in [0.2, 0.25) is 0 Å². The van der Waals surface area contributed by atoms with Gasteiger partial charge in [-0.25, -0.2) is 0 Å². The third-order valence-corrected chi connectivity index (χ3v) is 3.75. The van der Waals surface area contributed by atoms with Crippen molar-refractivity contribution in [2.45, 2.75) is 13.5 Å². The van der Waals surface area contributed by atoms with Crippen molar-refractivity contribution in [3.63, 3.8) is 0 Å². The Kier molecular flexibility index (Phi) is 3.00. The number of fused-ring (bicyclic) bond motifs is 1. The predicted octanol–water partition coefficient (Wildman–Crippen LogP) is 2.03. The van der Waals surface area contributed by atoms with Crippen molar-refractivity contribution in [2.75, 3.05) is 0 Å². The molecule has 19 heavy (non-hydrogen) atoms. The summed E-state index contributed by atoms with van der Waals surface area (Å²) in [6, 6.07) is 9.45. The summed E-state index contributed by atoms with van der Waals surface area (Å²) in [6.45, 7) is 2.34. The van der Waals surface area contributed by atoms with Crippen LogP contribution in [0.25, 0.3) is 5.65 Å². The van der Waals surface area contributed by atoms with Crippen LogP contribution < -0.4 is 5.32 Å². The maximum atomic E-state index is 11.9. The minimum absolute atomic E-state index is 0.0780. The number of nitrogens with zero attached hydrogens (tertiary/aromatic N) is 3. The zero-order chi connectivity index (χ0) is 13.2. The van der Waals surface area contributed by atoms with E-state index in [1.807, 2.05) is 47.9 Å². The number of carbonyl (C=O) groups is 1. The minimum Gasteiger partial charge on any atom is -0.344 e. The average Bonchev–Trinajstić information content (AvgIpc) is 3.02. The van der Waals surface area contributed by atoms with Crippen LogP contribution in [0.4, 0.5) is 0 Å². The van der Waals surface area contributed by atoms with E-state index in [0.29, 0.717) is 11.4 Å². The van der Waals surface area contributed by atoms with E-state index in [2.05, 4.69) is 15.5 Å². The summed E-state index contributed by atoms with van der Waals surface area (Å²) in [7, 11) is 0. The molecule has 96 valence electrons. The molecule has 3 aromatic rings. The molecule has 1 amide bonds. The summed E-state index contributed by atoms with van der Waals surface area (Å²) in [4.78, 5) is 13.8. The van der Waals surface area contributed by atoms with E-state index in [1.54, 1.807) is 0 Å². The average molecular weight is 272 g/mol. The molecule has 3 aromatic heterocycles. The summed E-state index contributed by atoms with van der Waals surface area (Å²) >= 11 is 1.48. The van der Waals surface area contributed by atoms with Crippen molar-refractivity contribution in [3.05, 3.63) is 52.1 Å². The lowest BCUT2D eigenvalue weighted by Gasteiger charge is -2.02. The largest absolute Gasteiger partial charge is 0.344 e. The van der Waals surface area contributed by atoms with Crippen LogP contribution in [0.15, 0.2) is 36.5 Å². The second kappa shape index (κ2) is 4.81. The Morgan fingerprint density at radius 2 is 2.21 bits per heavy atom. The molecule has 1 N–H and O–H groups in total. The van der Waals surface area contributed by atoms with E-state index >= 15 is 0 Å². The highest BCUT2D eigenvalue weighted by atomic mass is 32.1. The molecule has 0 unspecified atom stereocenters. The van der Waals surface area contributed by atoms with Gasteiger partial charge in [0.15, 0.2) is 11.5 Å². The van der Waals surface area contributed by atoms with Gasteiger partial charge in [0.1, 0.15) is 0 Å². The Morgan fingerprint density at radius 1 is 1.32 bits per heavy atom. The van der Waals surface area contributed by atoms with Crippen LogP contribution in [0.3, 0.4) is 0 Å². The molecular formula is C13H12N4OS. The molecule has 0 aromatic carbocycles. The number of hydrogen-bond acceptors (Lipinski definition) is 4. The number of rotatable bonds is 3. The lowest BCUT2D eigenvalue weighted by Crippen LogP contribution is -2.23. The standard InChI is InChI=1S/C13H12N4OS/c1-9-5-6-10(19-9)13(18)14-8-12-16-15-11-4-2-3-7-17(11)12/h2-7H,8H2,1H3,(H,14,18). The van der Waals surface area contributed by atoms with Gasteiger partial charge < -0.3 is 5.32 Å². The fraction of sp³-hybridized carbons (Fsp3) is 0.154. The molecule has 0 saturated carbocycles. The Labute approximate surface area is 113 Å². The number of aromatic nitrogens is 3. The van der Waals surface area contributed by atoms with E-state index in [9.17, 15) is 4.79 Å². The summed E-state index contributed by atoms with van der Waals surface area (Å²) in [5, 5.41) is 11.0. The summed E-state index contributed by atoms with van der Waals surface area (Å²) in [6.07, 6.45) is 1.88. The van der Waals surface area contributed by atoms with E-state index in [1.165, 1.54) is 11.3 Å². The first-order chi connectivity index (χ1) is 9.24. The van der Waals surface area contributed by atoms with Gasteiger partial charge in [-0.05, 0) is 31.2 Å². The molecule has 5 nitrogen and oxygen atoms in total.